The fraction of sp³-hybridized carbons (Fsp3) is 0.909. The van der Waals surface area contributed by atoms with E-state index in [0.29, 0.717) is 13.0 Å². The van der Waals surface area contributed by atoms with Gasteiger partial charge in [0.2, 0.25) is 5.91 Å². The topological polar surface area (TPSA) is 66.6 Å². The highest BCUT2D eigenvalue weighted by Gasteiger charge is 2.32. The van der Waals surface area contributed by atoms with Crippen molar-refractivity contribution in [3.05, 3.63) is 0 Å². The van der Waals surface area contributed by atoms with Crippen LogP contribution in [0.1, 0.15) is 40.5 Å². The number of aliphatic hydroxyl groups excluding tert-OH is 1. The van der Waals surface area contributed by atoms with Gasteiger partial charge in [-0.3, -0.25) is 4.79 Å². The molecule has 0 heterocycles. The van der Waals surface area contributed by atoms with E-state index in [-0.39, 0.29) is 18.6 Å². The summed E-state index contributed by atoms with van der Waals surface area (Å²) in [6, 6.07) is 0.0735. The number of aliphatic hydroxyl groups is 1. The van der Waals surface area contributed by atoms with Crippen molar-refractivity contribution in [2.24, 2.45) is 5.73 Å². The van der Waals surface area contributed by atoms with Gasteiger partial charge in [0.25, 0.3) is 0 Å². The Balaban J connectivity index is 4.61. The molecule has 1 amide bonds. The molecule has 0 spiro atoms. The summed E-state index contributed by atoms with van der Waals surface area (Å²) in [6.45, 7) is 7.94. The van der Waals surface area contributed by atoms with Crippen molar-refractivity contribution in [1.29, 1.82) is 0 Å². The summed E-state index contributed by atoms with van der Waals surface area (Å²) in [7, 11) is 0. The van der Waals surface area contributed by atoms with Crippen LogP contribution < -0.4 is 5.73 Å². The van der Waals surface area contributed by atoms with E-state index in [0.717, 1.165) is 6.42 Å². The minimum absolute atomic E-state index is 0.0217. The van der Waals surface area contributed by atoms with E-state index >= 15 is 0 Å². The van der Waals surface area contributed by atoms with Gasteiger partial charge in [0.05, 0.1) is 12.1 Å². The number of carbonyl (C=O) groups is 1. The highest BCUT2D eigenvalue weighted by Crippen LogP contribution is 2.14. The average molecular weight is 216 g/mol. The second kappa shape index (κ2) is 6.08. The fourth-order valence-electron chi connectivity index (χ4n) is 1.66. The van der Waals surface area contributed by atoms with Gasteiger partial charge in [-0.25, -0.2) is 0 Å². The average Bonchev–Trinajstić information content (AvgIpc) is 2.12. The number of amides is 1. The lowest BCUT2D eigenvalue weighted by Gasteiger charge is -2.34. The highest BCUT2D eigenvalue weighted by molar-refractivity contribution is 5.85. The monoisotopic (exact) mass is 216 g/mol. The first-order valence-corrected chi connectivity index (χ1v) is 5.57. The third-order valence-corrected chi connectivity index (χ3v) is 2.48. The molecule has 0 aliphatic rings. The minimum Gasteiger partial charge on any atom is -0.395 e. The van der Waals surface area contributed by atoms with Gasteiger partial charge in [-0.15, -0.1) is 0 Å². The summed E-state index contributed by atoms with van der Waals surface area (Å²) in [5, 5.41) is 8.90. The molecular weight excluding hydrogens is 192 g/mol. The molecule has 90 valence electrons. The summed E-state index contributed by atoms with van der Waals surface area (Å²) >= 11 is 0. The summed E-state index contributed by atoms with van der Waals surface area (Å²) < 4.78 is 0. The Labute approximate surface area is 92.4 Å². The zero-order chi connectivity index (χ0) is 12.1. The highest BCUT2D eigenvalue weighted by atomic mass is 16.3. The Bertz CT molecular complexity index is 203. The molecule has 0 aliphatic carbocycles. The van der Waals surface area contributed by atoms with E-state index in [2.05, 4.69) is 0 Å². The van der Waals surface area contributed by atoms with Crippen molar-refractivity contribution < 1.29 is 9.90 Å². The second-order valence-corrected chi connectivity index (χ2v) is 4.48. The molecule has 0 aliphatic heterocycles. The van der Waals surface area contributed by atoms with Crippen LogP contribution in [0, 0.1) is 0 Å². The largest absolute Gasteiger partial charge is 0.395 e. The third-order valence-electron chi connectivity index (χ3n) is 2.48. The molecule has 0 saturated carbocycles. The zero-order valence-corrected chi connectivity index (χ0v) is 10.3. The maximum atomic E-state index is 12.1. The van der Waals surface area contributed by atoms with Gasteiger partial charge in [0.1, 0.15) is 0 Å². The Morgan fingerprint density at radius 3 is 2.40 bits per heavy atom. The van der Waals surface area contributed by atoms with Crippen LogP contribution in [0.2, 0.25) is 0 Å². The number of rotatable bonds is 6. The predicted octanol–water partition coefficient (Wildman–Crippen LogP) is 0.733. The van der Waals surface area contributed by atoms with Crippen LogP contribution >= 0.6 is 0 Å². The van der Waals surface area contributed by atoms with E-state index in [1.54, 1.807) is 11.8 Å². The second-order valence-electron chi connectivity index (χ2n) is 4.48. The normalized spacial score (nSPS) is 15.1. The lowest BCUT2D eigenvalue weighted by atomic mass is 9.95. The Hall–Kier alpha value is -0.610. The van der Waals surface area contributed by atoms with Crippen LogP contribution in [0.4, 0.5) is 0 Å². The first-order chi connectivity index (χ1) is 6.86. The van der Waals surface area contributed by atoms with Crippen molar-refractivity contribution in [1.82, 2.24) is 4.90 Å². The van der Waals surface area contributed by atoms with Crippen molar-refractivity contribution in [3.63, 3.8) is 0 Å². The van der Waals surface area contributed by atoms with Gasteiger partial charge in [0, 0.05) is 12.6 Å². The molecule has 0 radical (unpaired) electrons. The first kappa shape index (κ1) is 14.4. The summed E-state index contributed by atoms with van der Waals surface area (Å²) in [6.07, 6.45) is 1.55. The van der Waals surface area contributed by atoms with E-state index in [1.807, 2.05) is 20.8 Å². The van der Waals surface area contributed by atoms with Crippen LogP contribution in [-0.4, -0.2) is 40.6 Å². The summed E-state index contributed by atoms with van der Waals surface area (Å²) in [4.78, 5) is 13.7. The van der Waals surface area contributed by atoms with Crippen LogP contribution in [0.15, 0.2) is 0 Å². The summed E-state index contributed by atoms with van der Waals surface area (Å²) in [5.41, 5.74) is 5.16. The van der Waals surface area contributed by atoms with Gasteiger partial charge in [-0.1, -0.05) is 13.3 Å². The standard InChI is InChI=1S/C11H24N2O2/c1-5-6-11(4,12)10(15)13(7-8-14)9(2)3/h9,14H,5-8,12H2,1-4H3. The molecule has 0 aromatic carbocycles. The first-order valence-electron chi connectivity index (χ1n) is 5.57. The molecule has 3 N–H and O–H groups in total. The Morgan fingerprint density at radius 2 is 2.07 bits per heavy atom. The number of carbonyl (C=O) groups excluding carboxylic acids is 1. The van der Waals surface area contributed by atoms with Crippen LogP contribution in [0.5, 0.6) is 0 Å². The van der Waals surface area contributed by atoms with Gasteiger partial charge in [-0.2, -0.15) is 0 Å². The number of hydrogen-bond acceptors (Lipinski definition) is 3. The zero-order valence-electron chi connectivity index (χ0n) is 10.3. The SMILES string of the molecule is CCCC(C)(N)C(=O)N(CCO)C(C)C. The van der Waals surface area contributed by atoms with E-state index in [1.165, 1.54) is 0 Å². The van der Waals surface area contributed by atoms with Crippen molar-refractivity contribution in [2.45, 2.75) is 52.1 Å². The Morgan fingerprint density at radius 1 is 1.53 bits per heavy atom. The lowest BCUT2D eigenvalue weighted by molar-refractivity contribution is -0.139. The van der Waals surface area contributed by atoms with Gasteiger partial charge < -0.3 is 15.7 Å². The molecule has 0 bridgehead atoms. The maximum absolute atomic E-state index is 12.1. The molecule has 0 fully saturated rings. The predicted molar refractivity (Wildman–Crippen MR) is 61.4 cm³/mol. The molecule has 0 saturated heterocycles. The maximum Gasteiger partial charge on any atom is 0.242 e. The van der Waals surface area contributed by atoms with Gasteiger partial charge in [-0.05, 0) is 27.2 Å². The van der Waals surface area contributed by atoms with Gasteiger partial charge in [0.15, 0.2) is 0 Å². The Kier molecular flexibility index (Phi) is 5.83. The third kappa shape index (κ3) is 4.18. The molecule has 0 rings (SSSR count). The molecule has 4 heteroatoms. The van der Waals surface area contributed by atoms with Crippen LogP contribution in [0.25, 0.3) is 0 Å². The van der Waals surface area contributed by atoms with Crippen molar-refractivity contribution in [2.75, 3.05) is 13.2 Å². The van der Waals surface area contributed by atoms with Gasteiger partial charge >= 0.3 is 0 Å². The summed E-state index contributed by atoms with van der Waals surface area (Å²) in [5.74, 6) is -0.0756. The molecule has 4 nitrogen and oxygen atoms in total. The number of nitrogens with two attached hydrogens (primary N) is 1. The molecule has 1 unspecified atom stereocenters. The molecule has 0 aromatic rings. The number of nitrogens with zero attached hydrogens (tertiary/aromatic N) is 1. The fourth-order valence-corrected chi connectivity index (χ4v) is 1.66. The van der Waals surface area contributed by atoms with Crippen LogP contribution in [-0.2, 0) is 4.79 Å². The quantitative estimate of drug-likeness (QED) is 0.688. The molecule has 15 heavy (non-hydrogen) atoms. The lowest BCUT2D eigenvalue weighted by Crippen LogP contribution is -2.55. The molecular formula is C11H24N2O2. The number of hydrogen-bond donors (Lipinski definition) is 2. The molecule has 1 atom stereocenters. The molecule has 0 aromatic heterocycles. The van der Waals surface area contributed by atoms with E-state index < -0.39 is 5.54 Å². The van der Waals surface area contributed by atoms with E-state index in [9.17, 15) is 4.79 Å². The van der Waals surface area contributed by atoms with E-state index in [4.69, 9.17) is 10.8 Å². The van der Waals surface area contributed by atoms with Crippen molar-refractivity contribution >= 4 is 5.91 Å². The van der Waals surface area contributed by atoms with Crippen LogP contribution in [0.3, 0.4) is 0 Å². The van der Waals surface area contributed by atoms with Crippen molar-refractivity contribution in [3.8, 4) is 0 Å². The smallest absolute Gasteiger partial charge is 0.242 e. The minimum atomic E-state index is -0.811.